The minimum absolute atomic E-state index is 0.709. The van der Waals surface area contributed by atoms with E-state index in [4.69, 9.17) is 5.26 Å². The molecule has 0 saturated heterocycles. The highest BCUT2D eigenvalue weighted by atomic mass is 32.1. The van der Waals surface area contributed by atoms with Crippen molar-refractivity contribution < 1.29 is 0 Å². The van der Waals surface area contributed by atoms with Crippen LogP contribution < -0.4 is 5.32 Å². The first-order chi connectivity index (χ1) is 8.04. The topological polar surface area (TPSA) is 35.8 Å². The average molecular weight is 250 g/mol. The predicted molar refractivity (Wildman–Crippen MR) is 73.9 cm³/mol. The van der Waals surface area contributed by atoms with Gasteiger partial charge in [-0.15, -0.1) is 11.3 Å². The van der Waals surface area contributed by atoms with Crippen molar-refractivity contribution in [3.63, 3.8) is 0 Å². The fourth-order valence-corrected chi connectivity index (χ4v) is 2.91. The minimum Gasteiger partial charge on any atom is -0.312 e. The van der Waals surface area contributed by atoms with Gasteiger partial charge in [0.25, 0.3) is 0 Å². The minimum atomic E-state index is 0.709. The van der Waals surface area contributed by atoms with Crippen LogP contribution >= 0.6 is 11.3 Å². The lowest BCUT2D eigenvalue weighted by Gasteiger charge is -2.25. The summed E-state index contributed by atoms with van der Waals surface area (Å²) in [6, 6.07) is 6.10. The largest absolute Gasteiger partial charge is 0.312 e. The molecular formula is C14H22N2S. The molecule has 0 aliphatic heterocycles. The monoisotopic (exact) mass is 250 g/mol. The third-order valence-electron chi connectivity index (χ3n) is 3.16. The SMILES string of the molecule is CC(C)C(CNCc1ccc(C#N)s1)C(C)C. The molecule has 17 heavy (non-hydrogen) atoms. The number of hydrogen-bond donors (Lipinski definition) is 1. The zero-order valence-electron chi connectivity index (χ0n) is 11.2. The van der Waals surface area contributed by atoms with E-state index in [1.54, 1.807) is 11.3 Å². The maximum atomic E-state index is 8.75. The van der Waals surface area contributed by atoms with Crippen molar-refractivity contribution in [3.05, 3.63) is 21.9 Å². The van der Waals surface area contributed by atoms with Gasteiger partial charge in [0.1, 0.15) is 10.9 Å². The summed E-state index contributed by atoms with van der Waals surface area (Å²) < 4.78 is 0. The molecule has 0 aliphatic carbocycles. The van der Waals surface area contributed by atoms with Gasteiger partial charge in [-0.1, -0.05) is 27.7 Å². The van der Waals surface area contributed by atoms with Crippen LogP contribution in [0.5, 0.6) is 0 Å². The lowest BCUT2D eigenvalue weighted by Crippen LogP contribution is -2.29. The molecule has 0 saturated carbocycles. The van der Waals surface area contributed by atoms with Crippen molar-refractivity contribution in [1.82, 2.24) is 5.32 Å². The summed E-state index contributed by atoms with van der Waals surface area (Å²) >= 11 is 1.58. The molecule has 0 unspecified atom stereocenters. The molecule has 2 nitrogen and oxygen atoms in total. The Balaban J connectivity index is 2.38. The summed E-state index contributed by atoms with van der Waals surface area (Å²) in [7, 11) is 0. The van der Waals surface area contributed by atoms with Gasteiger partial charge < -0.3 is 5.32 Å². The van der Waals surface area contributed by atoms with Gasteiger partial charge in [-0.05, 0) is 36.4 Å². The first-order valence-corrected chi connectivity index (χ1v) is 7.05. The van der Waals surface area contributed by atoms with Gasteiger partial charge >= 0.3 is 0 Å². The zero-order chi connectivity index (χ0) is 12.8. The van der Waals surface area contributed by atoms with E-state index in [9.17, 15) is 0 Å². The van der Waals surface area contributed by atoms with Crippen LogP contribution in [-0.2, 0) is 6.54 Å². The van der Waals surface area contributed by atoms with Crippen molar-refractivity contribution in [3.8, 4) is 6.07 Å². The van der Waals surface area contributed by atoms with Crippen molar-refractivity contribution in [1.29, 1.82) is 5.26 Å². The summed E-state index contributed by atoms with van der Waals surface area (Å²) in [6.45, 7) is 11.1. The van der Waals surface area contributed by atoms with Gasteiger partial charge in [-0.25, -0.2) is 0 Å². The molecule has 3 heteroatoms. The second kappa shape index (κ2) is 6.78. The first-order valence-electron chi connectivity index (χ1n) is 6.24. The molecule has 0 fully saturated rings. The number of nitriles is 1. The zero-order valence-corrected chi connectivity index (χ0v) is 12.0. The van der Waals surface area contributed by atoms with Crippen LogP contribution in [0.4, 0.5) is 0 Å². The Morgan fingerprint density at radius 3 is 2.35 bits per heavy atom. The van der Waals surface area contributed by atoms with Gasteiger partial charge in [-0.2, -0.15) is 5.26 Å². The second-order valence-corrected chi connectivity index (χ2v) is 6.33. The molecule has 1 N–H and O–H groups in total. The van der Waals surface area contributed by atoms with E-state index in [0.717, 1.165) is 18.0 Å². The van der Waals surface area contributed by atoms with Gasteiger partial charge in [0.2, 0.25) is 0 Å². The van der Waals surface area contributed by atoms with Crippen LogP contribution in [0.3, 0.4) is 0 Å². The van der Waals surface area contributed by atoms with E-state index < -0.39 is 0 Å². The van der Waals surface area contributed by atoms with Crippen molar-refractivity contribution in [2.75, 3.05) is 6.54 Å². The van der Waals surface area contributed by atoms with Crippen molar-refractivity contribution in [2.24, 2.45) is 17.8 Å². The smallest absolute Gasteiger partial charge is 0.110 e. The highest BCUT2D eigenvalue weighted by Crippen LogP contribution is 2.20. The molecule has 0 bridgehead atoms. The van der Waals surface area contributed by atoms with Crippen LogP contribution in [0.2, 0.25) is 0 Å². The lowest BCUT2D eigenvalue weighted by molar-refractivity contribution is 0.276. The van der Waals surface area contributed by atoms with E-state index in [1.165, 1.54) is 4.88 Å². The Morgan fingerprint density at radius 1 is 1.24 bits per heavy atom. The standard InChI is InChI=1S/C14H22N2S/c1-10(2)14(11(3)4)9-16-8-13-6-5-12(7-15)17-13/h5-6,10-11,14,16H,8-9H2,1-4H3. The summed E-state index contributed by atoms with van der Waals surface area (Å²) in [4.78, 5) is 2.04. The molecule has 0 atom stereocenters. The molecule has 0 aliphatic rings. The molecule has 0 radical (unpaired) electrons. The Labute approximate surface area is 109 Å². The Morgan fingerprint density at radius 2 is 1.88 bits per heavy atom. The summed E-state index contributed by atoms with van der Waals surface area (Å²) in [5.74, 6) is 2.13. The highest BCUT2D eigenvalue weighted by Gasteiger charge is 2.16. The maximum absolute atomic E-state index is 8.75. The van der Waals surface area contributed by atoms with E-state index in [-0.39, 0.29) is 0 Å². The van der Waals surface area contributed by atoms with Gasteiger partial charge in [0.05, 0.1) is 0 Å². The molecule has 1 heterocycles. The lowest BCUT2D eigenvalue weighted by atomic mass is 9.85. The maximum Gasteiger partial charge on any atom is 0.110 e. The van der Waals surface area contributed by atoms with E-state index >= 15 is 0 Å². The normalized spacial score (nSPS) is 11.4. The summed E-state index contributed by atoms with van der Waals surface area (Å²) in [6.07, 6.45) is 0. The van der Waals surface area contributed by atoms with Gasteiger partial charge in [-0.3, -0.25) is 0 Å². The van der Waals surface area contributed by atoms with Crippen LogP contribution in [0, 0.1) is 29.1 Å². The van der Waals surface area contributed by atoms with Crippen molar-refractivity contribution in [2.45, 2.75) is 34.2 Å². The van der Waals surface area contributed by atoms with Crippen LogP contribution in [-0.4, -0.2) is 6.54 Å². The fourth-order valence-electron chi connectivity index (χ4n) is 2.14. The molecule has 1 aromatic heterocycles. The molecular weight excluding hydrogens is 228 g/mol. The molecule has 1 rings (SSSR count). The Bertz CT molecular complexity index is 366. The highest BCUT2D eigenvalue weighted by molar-refractivity contribution is 7.12. The number of rotatable bonds is 6. The van der Waals surface area contributed by atoms with E-state index in [1.807, 2.05) is 12.1 Å². The molecule has 0 amide bonds. The third-order valence-corrected chi connectivity index (χ3v) is 4.15. The fraction of sp³-hybridized carbons (Fsp3) is 0.643. The average Bonchev–Trinajstić information content (AvgIpc) is 2.71. The molecule has 1 aromatic rings. The summed E-state index contributed by atoms with van der Waals surface area (Å²) in [5, 5.41) is 12.3. The quantitative estimate of drug-likeness (QED) is 0.836. The molecule has 0 spiro atoms. The molecule has 0 aromatic carbocycles. The second-order valence-electron chi connectivity index (χ2n) is 5.16. The van der Waals surface area contributed by atoms with Gasteiger partial charge in [0.15, 0.2) is 0 Å². The van der Waals surface area contributed by atoms with Crippen LogP contribution in [0.15, 0.2) is 12.1 Å². The number of nitrogens with zero attached hydrogens (tertiary/aromatic N) is 1. The first kappa shape index (κ1) is 14.2. The van der Waals surface area contributed by atoms with E-state index in [2.05, 4.69) is 39.1 Å². The Hall–Kier alpha value is -0.850. The van der Waals surface area contributed by atoms with Crippen molar-refractivity contribution >= 4 is 11.3 Å². The van der Waals surface area contributed by atoms with Crippen LogP contribution in [0.25, 0.3) is 0 Å². The number of hydrogen-bond acceptors (Lipinski definition) is 3. The van der Waals surface area contributed by atoms with Gasteiger partial charge in [0, 0.05) is 11.4 Å². The van der Waals surface area contributed by atoms with E-state index in [0.29, 0.717) is 17.8 Å². The Kier molecular flexibility index (Phi) is 5.67. The number of thiophene rings is 1. The molecule has 94 valence electrons. The van der Waals surface area contributed by atoms with Crippen LogP contribution in [0.1, 0.15) is 37.4 Å². The number of nitrogens with one attached hydrogen (secondary N) is 1. The summed E-state index contributed by atoms with van der Waals surface area (Å²) in [5.41, 5.74) is 0. The predicted octanol–water partition coefficient (Wildman–Crippen LogP) is 3.64. The third kappa shape index (κ3) is 4.49.